The van der Waals surface area contributed by atoms with Crippen LogP contribution in [0.4, 0.5) is 0 Å². The zero-order valence-corrected chi connectivity index (χ0v) is 11.2. The van der Waals surface area contributed by atoms with E-state index in [9.17, 15) is 9.90 Å². The lowest BCUT2D eigenvalue weighted by Gasteiger charge is -2.10. The predicted octanol–water partition coefficient (Wildman–Crippen LogP) is 1.30. The van der Waals surface area contributed by atoms with Gasteiger partial charge in [-0.2, -0.15) is 5.26 Å². The summed E-state index contributed by atoms with van der Waals surface area (Å²) < 4.78 is 10.2. The van der Waals surface area contributed by atoms with Crippen LogP contribution >= 0.6 is 0 Å². The standard InChI is InChI=1S/C14H14N2O4/c1-16-8-12(9-4-3-5-10(17)6-9)20-13(16)11(7-15)14(18)19-2/h3-6,12,17H,8H2,1-2H3/b13-11-/t12-/m1/s1. The molecule has 1 heterocycles. The van der Waals surface area contributed by atoms with E-state index in [4.69, 9.17) is 10.00 Å². The molecule has 1 saturated heterocycles. The van der Waals surface area contributed by atoms with Crippen molar-refractivity contribution in [3.8, 4) is 11.8 Å². The lowest BCUT2D eigenvalue weighted by Crippen LogP contribution is -2.17. The fourth-order valence-electron chi connectivity index (χ4n) is 2.02. The third kappa shape index (κ3) is 2.52. The SMILES string of the molecule is COC(=O)/C(C#N)=C1\O[C@@H](c2cccc(O)c2)CN1C. The number of nitrogens with zero attached hydrogens (tertiary/aromatic N) is 2. The molecule has 0 bridgehead atoms. The molecule has 0 amide bonds. The minimum atomic E-state index is -0.731. The van der Waals surface area contributed by atoms with Crippen LogP contribution in [0.25, 0.3) is 0 Å². The van der Waals surface area contributed by atoms with Crippen molar-refractivity contribution in [2.24, 2.45) is 0 Å². The number of aromatic hydroxyl groups is 1. The second kappa shape index (κ2) is 5.53. The molecule has 1 aliphatic heterocycles. The summed E-state index contributed by atoms with van der Waals surface area (Å²) in [6, 6.07) is 8.47. The second-order valence-electron chi connectivity index (χ2n) is 4.37. The third-order valence-corrected chi connectivity index (χ3v) is 3.00. The quantitative estimate of drug-likeness (QED) is 0.497. The van der Waals surface area contributed by atoms with E-state index in [1.807, 2.05) is 6.07 Å². The first-order valence-corrected chi connectivity index (χ1v) is 5.96. The van der Waals surface area contributed by atoms with Crippen LogP contribution in [-0.4, -0.2) is 36.7 Å². The van der Waals surface area contributed by atoms with Crippen LogP contribution in [0.15, 0.2) is 35.7 Å². The van der Waals surface area contributed by atoms with Gasteiger partial charge in [0.15, 0.2) is 5.57 Å². The van der Waals surface area contributed by atoms with Gasteiger partial charge in [-0.3, -0.25) is 0 Å². The number of hydrogen-bond acceptors (Lipinski definition) is 6. The fourth-order valence-corrected chi connectivity index (χ4v) is 2.02. The van der Waals surface area contributed by atoms with Crippen molar-refractivity contribution in [1.29, 1.82) is 5.26 Å². The van der Waals surface area contributed by atoms with E-state index >= 15 is 0 Å². The van der Waals surface area contributed by atoms with Gasteiger partial charge in [0.25, 0.3) is 0 Å². The monoisotopic (exact) mass is 274 g/mol. The number of hydrogen-bond donors (Lipinski definition) is 1. The van der Waals surface area contributed by atoms with Crippen molar-refractivity contribution in [2.75, 3.05) is 20.7 Å². The van der Waals surface area contributed by atoms with E-state index in [-0.39, 0.29) is 23.3 Å². The summed E-state index contributed by atoms with van der Waals surface area (Å²) >= 11 is 0. The first-order valence-electron chi connectivity index (χ1n) is 5.96. The van der Waals surface area contributed by atoms with E-state index in [0.717, 1.165) is 5.56 Å². The summed E-state index contributed by atoms with van der Waals surface area (Å²) in [4.78, 5) is 13.2. The zero-order valence-electron chi connectivity index (χ0n) is 11.2. The number of esters is 1. The van der Waals surface area contributed by atoms with Crippen LogP contribution in [0.2, 0.25) is 0 Å². The summed E-state index contributed by atoms with van der Waals surface area (Å²) in [7, 11) is 2.93. The average Bonchev–Trinajstić information content (AvgIpc) is 2.82. The minimum absolute atomic E-state index is 0.139. The van der Waals surface area contributed by atoms with E-state index in [0.29, 0.717) is 6.54 Å². The third-order valence-electron chi connectivity index (χ3n) is 3.00. The number of benzene rings is 1. The molecular weight excluding hydrogens is 260 g/mol. The van der Waals surface area contributed by atoms with Gasteiger partial charge in [0, 0.05) is 7.05 Å². The Labute approximate surface area is 116 Å². The van der Waals surface area contributed by atoms with Gasteiger partial charge in [-0.25, -0.2) is 4.79 Å². The lowest BCUT2D eigenvalue weighted by atomic mass is 10.1. The normalized spacial score (nSPS) is 20.1. The summed E-state index contributed by atoms with van der Waals surface area (Å²) in [5.41, 5.74) is 0.603. The fraction of sp³-hybridized carbons (Fsp3) is 0.286. The highest BCUT2D eigenvalue weighted by Crippen LogP contribution is 2.33. The maximum Gasteiger partial charge on any atom is 0.354 e. The van der Waals surface area contributed by atoms with Crippen LogP contribution in [0.5, 0.6) is 5.75 Å². The van der Waals surface area contributed by atoms with Gasteiger partial charge in [-0.1, -0.05) is 12.1 Å². The van der Waals surface area contributed by atoms with Gasteiger partial charge in [0.2, 0.25) is 5.88 Å². The highest BCUT2D eigenvalue weighted by molar-refractivity contribution is 5.93. The van der Waals surface area contributed by atoms with Gasteiger partial charge in [0.05, 0.1) is 13.7 Å². The Hall–Kier alpha value is -2.68. The molecule has 0 saturated carbocycles. The van der Waals surface area contributed by atoms with E-state index in [1.165, 1.54) is 7.11 Å². The Bertz CT molecular complexity index is 603. The number of ether oxygens (including phenoxy) is 2. The number of nitriles is 1. The predicted molar refractivity (Wildman–Crippen MR) is 69.2 cm³/mol. The van der Waals surface area contributed by atoms with Crippen molar-refractivity contribution in [3.63, 3.8) is 0 Å². The molecule has 2 rings (SSSR count). The zero-order chi connectivity index (χ0) is 14.7. The number of phenolic OH excluding ortho intramolecular Hbond substituents is 1. The molecule has 1 N–H and O–H groups in total. The molecule has 0 aromatic heterocycles. The van der Waals surface area contributed by atoms with Crippen molar-refractivity contribution < 1.29 is 19.4 Å². The van der Waals surface area contributed by atoms with Crippen LogP contribution in [0, 0.1) is 11.3 Å². The maximum absolute atomic E-state index is 11.5. The molecule has 0 radical (unpaired) electrons. The van der Waals surface area contributed by atoms with Crippen molar-refractivity contribution in [1.82, 2.24) is 4.90 Å². The first-order chi connectivity index (χ1) is 9.56. The first kappa shape index (κ1) is 13.7. The molecule has 1 fully saturated rings. The summed E-state index contributed by atoms with van der Waals surface area (Å²) in [5.74, 6) is -0.404. The van der Waals surface area contributed by atoms with Crippen LogP contribution in [0.3, 0.4) is 0 Å². The van der Waals surface area contributed by atoms with Crippen molar-refractivity contribution in [3.05, 3.63) is 41.3 Å². The van der Waals surface area contributed by atoms with Crippen LogP contribution in [-0.2, 0) is 14.3 Å². The summed E-state index contributed by atoms with van der Waals surface area (Å²) in [6.07, 6.45) is -0.352. The van der Waals surface area contributed by atoms with Crippen molar-refractivity contribution >= 4 is 5.97 Å². The van der Waals surface area contributed by atoms with E-state index in [1.54, 1.807) is 36.2 Å². The molecule has 0 aliphatic carbocycles. The Balaban J connectivity index is 2.31. The molecule has 0 spiro atoms. The van der Waals surface area contributed by atoms with Gasteiger partial charge in [-0.15, -0.1) is 0 Å². The second-order valence-corrected chi connectivity index (χ2v) is 4.37. The molecule has 1 aromatic carbocycles. The number of phenols is 1. The number of carbonyl (C=O) groups excluding carboxylic acids is 1. The largest absolute Gasteiger partial charge is 0.508 e. The van der Waals surface area contributed by atoms with Crippen LogP contribution < -0.4 is 0 Å². The van der Waals surface area contributed by atoms with Gasteiger partial charge >= 0.3 is 5.97 Å². The molecule has 1 aromatic rings. The molecule has 104 valence electrons. The molecule has 6 nitrogen and oxygen atoms in total. The molecule has 20 heavy (non-hydrogen) atoms. The smallest absolute Gasteiger partial charge is 0.354 e. The summed E-state index contributed by atoms with van der Waals surface area (Å²) in [5, 5.41) is 18.5. The number of carbonyl (C=O) groups is 1. The number of rotatable bonds is 2. The molecular formula is C14H14N2O4. The number of methoxy groups -OCH3 is 1. The van der Waals surface area contributed by atoms with Gasteiger partial charge in [0.1, 0.15) is 17.9 Å². The van der Waals surface area contributed by atoms with E-state index < -0.39 is 5.97 Å². The Morgan fingerprint density at radius 1 is 1.60 bits per heavy atom. The number of likely N-dealkylation sites (N-methyl/N-ethyl adjacent to an activating group) is 1. The average molecular weight is 274 g/mol. The van der Waals surface area contributed by atoms with Gasteiger partial charge in [-0.05, 0) is 17.7 Å². The minimum Gasteiger partial charge on any atom is -0.508 e. The Kier molecular flexibility index (Phi) is 3.80. The summed E-state index contributed by atoms with van der Waals surface area (Å²) in [6.45, 7) is 0.473. The highest BCUT2D eigenvalue weighted by Gasteiger charge is 2.32. The van der Waals surface area contributed by atoms with Crippen molar-refractivity contribution in [2.45, 2.75) is 6.10 Å². The van der Waals surface area contributed by atoms with Crippen LogP contribution in [0.1, 0.15) is 11.7 Å². The van der Waals surface area contributed by atoms with E-state index in [2.05, 4.69) is 4.74 Å². The maximum atomic E-state index is 11.5. The molecule has 6 heteroatoms. The topological polar surface area (TPSA) is 82.8 Å². The highest BCUT2D eigenvalue weighted by atomic mass is 16.5. The lowest BCUT2D eigenvalue weighted by molar-refractivity contribution is -0.136. The molecule has 1 atom stereocenters. The molecule has 0 unspecified atom stereocenters. The molecule has 1 aliphatic rings. The Morgan fingerprint density at radius 3 is 2.95 bits per heavy atom. The Morgan fingerprint density at radius 2 is 2.35 bits per heavy atom. The van der Waals surface area contributed by atoms with Gasteiger partial charge < -0.3 is 19.5 Å².